The zero-order valence-corrected chi connectivity index (χ0v) is 17.9. The third-order valence-electron chi connectivity index (χ3n) is 4.11. The van der Waals surface area contributed by atoms with E-state index in [1.54, 1.807) is 24.3 Å². The molecule has 0 aliphatic carbocycles. The monoisotopic (exact) mass is 435 g/mol. The molecular formula is C23H21N3O4S. The van der Waals surface area contributed by atoms with Gasteiger partial charge in [0.15, 0.2) is 23.2 Å². The van der Waals surface area contributed by atoms with Crippen molar-refractivity contribution in [1.29, 1.82) is 5.26 Å². The molecule has 0 bridgehead atoms. The Hall–Kier alpha value is -3.83. The molecule has 0 radical (unpaired) electrons. The first kappa shape index (κ1) is 21.9. The van der Waals surface area contributed by atoms with Crippen molar-refractivity contribution >= 4 is 34.2 Å². The number of methoxy groups -OCH3 is 1. The summed E-state index contributed by atoms with van der Waals surface area (Å²) in [6, 6.07) is 15.1. The number of esters is 1. The summed E-state index contributed by atoms with van der Waals surface area (Å²) in [5.74, 6) is 0.453. The predicted octanol–water partition coefficient (Wildman–Crippen LogP) is 4.86. The van der Waals surface area contributed by atoms with E-state index < -0.39 is 5.97 Å². The van der Waals surface area contributed by atoms with Gasteiger partial charge < -0.3 is 19.5 Å². The number of aromatic nitrogens is 1. The highest BCUT2D eigenvalue weighted by molar-refractivity contribution is 7.13. The predicted molar refractivity (Wildman–Crippen MR) is 120 cm³/mol. The third kappa shape index (κ3) is 6.59. The average molecular weight is 436 g/mol. The van der Waals surface area contributed by atoms with Crippen molar-refractivity contribution in [2.45, 2.75) is 13.5 Å². The molecule has 0 saturated heterocycles. The third-order valence-corrected chi connectivity index (χ3v) is 4.92. The highest BCUT2D eigenvalue weighted by atomic mass is 32.1. The van der Waals surface area contributed by atoms with Gasteiger partial charge in [0.1, 0.15) is 12.7 Å². The van der Waals surface area contributed by atoms with E-state index in [0.717, 1.165) is 16.4 Å². The lowest BCUT2D eigenvalue weighted by atomic mass is 10.2. The molecule has 7 nitrogen and oxygen atoms in total. The second-order valence-electron chi connectivity index (χ2n) is 6.43. The topological polar surface area (TPSA) is 93.5 Å². The second-order valence-corrected chi connectivity index (χ2v) is 7.29. The lowest BCUT2D eigenvalue weighted by molar-refractivity contribution is -0.139. The van der Waals surface area contributed by atoms with Crippen LogP contribution in [0, 0.1) is 18.3 Å². The van der Waals surface area contributed by atoms with E-state index >= 15 is 0 Å². The SMILES string of the molecule is COc1cc(/C=C/C(=O)OCc2csc(Nc3ccc(C)cc3)n2)ccc1OCC#N. The summed E-state index contributed by atoms with van der Waals surface area (Å²) in [6.07, 6.45) is 2.95. The summed E-state index contributed by atoms with van der Waals surface area (Å²) in [5, 5.41) is 14.4. The number of nitriles is 1. The number of rotatable bonds is 9. The number of nitrogens with one attached hydrogen (secondary N) is 1. The van der Waals surface area contributed by atoms with Gasteiger partial charge >= 0.3 is 5.97 Å². The average Bonchev–Trinajstić information content (AvgIpc) is 3.24. The molecule has 3 rings (SSSR count). The fourth-order valence-electron chi connectivity index (χ4n) is 2.57. The van der Waals surface area contributed by atoms with E-state index in [2.05, 4.69) is 10.3 Å². The van der Waals surface area contributed by atoms with Gasteiger partial charge in [-0.1, -0.05) is 23.8 Å². The Bertz CT molecular complexity index is 1100. The minimum atomic E-state index is -0.482. The Labute approximate surface area is 184 Å². The van der Waals surface area contributed by atoms with Gasteiger partial charge in [-0.05, 0) is 42.8 Å². The van der Waals surface area contributed by atoms with Gasteiger partial charge in [0.25, 0.3) is 0 Å². The van der Waals surface area contributed by atoms with Crippen molar-refractivity contribution in [3.05, 3.63) is 70.7 Å². The molecule has 1 aromatic heterocycles. The van der Waals surface area contributed by atoms with Crippen molar-refractivity contribution in [1.82, 2.24) is 4.98 Å². The standard InChI is InChI=1S/C23H21N3O4S/c1-16-3-7-18(8-4-16)25-23-26-19(15-31-23)14-30-22(27)10-6-17-5-9-20(29-12-11-24)21(13-17)28-2/h3-10,13,15H,12,14H2,1-2H3,(H,25,26)/b10-6+. The number of hydrogen-bond donors (Lipinski definition) is 1. The zero-order valence-electron chi connectivity index (χ0n) is 17.1. The van der Waals surface area contributed by atoms with Crippen LogP contribution in [0.5, 0.6) is 11.5 Å². The molecule has 0 atom stereocenters. The molecule has 3 aromatic rings. The smallest absolute Gasteiger partial charge is 0.331 e. The Kier molecular flexibility index (Phi) is 7.62. The fourth-order valence-corrected chi connectivity index (χ4v) is 3.28. The number of thiazole rings is 1. The van der Waals surface area contributed by atoms with Crippen LogP contribution in [-0.2, 0) is 16.1 Å². The summed E-state index contributed by atoms with van der Waals surface area (Å²) < 4.78 is 15.8. The largest absolute Gasteiger partial charge is 0.493 e. The van der Waals surface area contributed by atoms with Crippen LogP contribution in [0.4, 0.5) is 10.8 Å². The van der Waals surface area contributed by atoms with Crippen LogP contribution < -0.4 is 14.8 Å². The number of carbonyl (C=O) groups excluding carboxylic acids is 1. The van der Waals surface area contributed by atoms with Crippen LogP contribution in [0.2, 0.25) is 0 Å². The number of ether oxygens (including phenoxy) is 3. The molecular weight excluding hydrogens is 414 g/mol. The van der Waals surface area contributed by atoms with Crippen LogP contribution in [0.25, 0.3) is 6.08 Å². The maximum absolute atomic E-state index is 12.0. The first-order valence-electron chi connectivity index (χ1n) is 9.38. The summed E-state index contributed by atoms with van der Waals surface area (Å²) in [4.78, 5) is 16.5. The Morgan fingerprint density at radius 3 is 2.77 bits per heavy atom. The van der Waals surface area contributed by atoms with Crippen molar-refractivity contribution in [2.75, 3.05) is 19.0 Å². The molecule has 31 heavy (non-hydrogen) atoms. The summed E-state index contributed by atoms with van der Waals surface area (Å²) in [7, 11) is 1.51. The van der Waals surface area contributed by atoms with Gasteiger partial charge in [0.05, 0.1) is 12.8 Å². The van der Waals surface area contributed by atoms with E-state index in [9.17, 15) is 4.79 Å². The van der Waals surface area contributed by atoms with E-state index in [0.29, 0.717) is 17.2 Å². The molecule has 158 valence electrons. The van der Waals surface area contributed by atoms with Gasteiger partial charge in [-0.25, -0.2) is 9.78 Å². The van der Waals surface area contributed by atoms with Gasteiger partial charge in [0, 0.05) is 17.1 Å². The number of benzene rings is 2. The van der Waals surface area contributed by atoms with Crippen molar-refractivity contribution in [3.8, 4) is 17.6 Å². The first-order valence-corrected chi connectivity index (χ1v) is 10.3. The lowest BCUT2D eigenvalue weighted by Gasteiger charge is -2.08. The number of anilines is 2. The lowest BCUT2D eigenvalue weighted by Crippen LogP contribution is -2.01. The quantitative estimate of drug-likeness (QED) is 0.379. The zero-order chi connectivity index (χ0) is 22.1. The molecule has 2 aromatic carbocycles. The maximum atomic E-state index is 12.0. The first-order chi connectivity index (χ1) is 15.1. The number of hydrogen-bond acceptors (Lipinski definition) is 8. The van der Waals surface area contributed by atoms with Crippen LogP contribution >= 0.6 is 11.3 Å². The number of carbonyl (C=O) groups is 1. The molecule has 0 aliphatic heterocycles. The van der Waals surface area contributed by atoms with Gasteiger partial charge in [-0.3, -0.25) is 0 Å². The number of nitrogens with zero attached hydrogens (tertiary/aromatic N) is 2. The van der Waals surface area contributed by atoms with Crippen LogP contribution in [0.1, 0.15) is 16.8 Å². The molecule has 0 fully saturated rings. The van der Waals surface area contributed by atoms with Crippen molar-refractivity contribution in [2.24, 2.45) is 0 Å². The highest BCUT2D eigenvalue weighted by Crippen LogP contribution is 2.28. The van der Waals surface area contributed by atoms with Crippen molar-refractivity contribution in [3.63, 3.8) is 0 Å². The van der Waals surface area contributed by atoms with Gasteiger partial charge in [-0.15, -0.1) is 11.3 Å². The van der Waals surface area contributed by atoms with E-state index in [1.165, 1.54) is 30.1 Å². The second kappa shape index (κ2) is 10.8. The molecule has 1 N–H and O–H groups in total. The molecule has 0 aliphatic rings. The molecule has 0 unspecified atom stereocenters. The van der Waals surface area contributed by atoms with E-state index in [-0.39, 0.29) is 13.2 Å². The maximum Gasteiger partial charge on any atom is 0.331 e. The molecule has 0 saturated carbocycles. The van der Waals surface area contributed by atoms with Crippen molar-refractivity contribution < 1.29 is 19.0 Å². The molecule has 8 heteroatoms. The minimum absolute atomic E-state index is 0.0727. The Morgan fingerprint density at radius 1 is 1.23 bits per heavy atom. The van der Waals surface area contributed by atoms with E-state index in [4.69, 9.17) is 19.5 Å². The normalized spacial score (nSPS) is 10.5. The number of aryl methyl sites for hydroxylation is 1. The Morgan fingerprint density at radius 2 is 2.03 bits per heavy atom. The van der Waals surface area contributed by atoms with Crippen LogP contribution in [-0.4, -0.2) is 24.7 Å². The van der Waals surface area contributed by atoms with E-state index in [1.807, 2.05) is 42.6 Å². The minimum Gasteiger partial charge on any atom is -0.493 e. The van der Waals surface area contributed by atoms with Gasteiger partial charge in [-0.2, -0.15) is 5.26 Å². The van der Waals surface area contributed by atoms with Crippen LogP contribution in [0.3, 0.4) is 0 Å². The molecule has 0 spiro atoms. The summed E-state index contributed by atoms with van der Waals surface area (Å²) in [5.41, 5.74) is 3.54. The van der Waals surface area contributed by atoms with Gasteiger partial charge in [0.2, 0.25) is 0 Å². The molecule has 0 amide bonds. The highest BCUT2D eigenvalue weighted by Gasteiger charge is 2.07. The summed E-state index contributed by atoms with van der Waals surface area (Å²) in [6.45, 7) is 2.04. The molecule has 1 heterocycles. The Balaban J connectivity index is 1.52. The van der Waals surface area contributed by atoms with Crippen LogP contribution in [0.15, 0.2) is 53.9 Å². The fraction of sp³-hybridized carbons (Fsp3) is 0.174. The summed E-state index contributed by atoms with van der Waals surface area (Å²) >= 11 is 1.44.